The lowest BCUT2D eigenvalue weighted by Gasteiger charge is -2.10. The Balaban J connectivity index is 2.77. The van der Waals surface area contributed by atoms with Crippen molar-refractivity contribution in [2.75, 3.05) is 13.4 Å². The van der Waals surface area contributed by atoms with Gasteiger partial charge in [-0.2, -0.15) is 5.10 Å². The van der Waals surface area contributed by atoms with Crippen molar-refractivity contribution >= 4 is 27.9 Å². The average molecular weight is 256 g/mol. The lowest BCUT2D eigenvalue weighted by atomic mass is 10.1. The first kappa shape index (κ1) is 13.3. The molecule has 3 nitrogen and oxygen atoms in total. The van der Waals surface area contributed by atoms with Gasteiger partial charge in [-0.25, -0.2) is 0 Å². The highest BCUT2D eigenvalue weighted by molar-refractivity contribution is 8.38. The van der Waals surface area contributed by atoms with Gasteiger partial charge in [0.2, 0.25) is 0 Å². The second-order valence-electron chi connectivity index (χ2n) is 3.16. The van der Waals surface area contributed by atoms with Gasteiger partial charge in [0.25, 0.3) is 0 Å². The largest absolute Gasteiger partial charge is 0.496 e. The predicted octanol–water partition coefficient (Wildman–Crippen LogP) is 2.83. The van der Waals surface area contributed by atoms with Gasteiger partial charge in [0.15, 0.2) is 0 Å². The molecule has 5 heteroatoms. The lowest BCUT2D eigenvalue weighted by molar-refractivity contribution is 0.408. The Labute approximate surface area is 105 Å². The number of hydrogen-bond donors (Lipinski definition) is 1. The van der Waals surface area contributed by atoms with Crippen molar-refractivity contribution in [1.82, 2.24) is 0 Å². The van der Waals surface area contributed by atoms with Gasteiger partial charge in [-0.1, -0.05) is 30.0 Å². The van der Waals surface area contributed by atoms with Crippen LogP contribution in [0.5, 0.6) is 5.75 Å². The maximum atomic E-state index is 5.38. The van der Waals surface area contributed by atoms with Crippen LogP contribution in [-0.2, 0) is 5.75 Å². The first-order chi connectivity index (χ1) is 7.72. The summed E-state index contributed by atoms with van der Waals surface area (Å²) in [4.78, 5) is 0. The van der Waals surface area contributed by atoms with Crippen molar-refractivity contribution in [3.63, 3.8) is 0 Å². The van der Waals surface area contributed by atoms with Gasteiger partial charge in [0.05, 0.1) is 7.11 Å². The molecule has 0 atom stereocenters. The predicted molar refractivity (Wildman–Crippen MR) is 74.2 cm³/mol. The standard InChI is InChI=1S/C11H16N2OS2/c1-8-5-4-6-9(10(8)14-2)7-16-11(13-12)15-3/h4-6H,7,12H2,1-3H3. The molecule has 0 saturated carbocycles. The number of para-hydroxylation sites is 1. The first-order valence-corrected chi connectivity index (χ1v) is 7.01. The van der Waals surface area contributed by atoms with Crippen LogP contribution in [-0.4, -0.2) is 17.7 Å². The summed E-state index contributed by atoms with van der Waals surface area (Å²) >= 11 is 3.17. The fourth-order valence-corrected chi connectivity index (χ4v) is 2.74. The van der Waals surface area contributed by atoms with E-state index in [0.717, 1.165) is 21.4 Å². The average Bonchev–Trinajstić information content (AvgIpc) is 2.30. The Bertz CT molecular complexity index is 380. The number of nitrogens with zero attached hydrogens (tertiary/aromatic N) is 1. The van der Waals surface area contributed by atoms with E-state index in [2.05, 4.69) is 11.2 Å². The molecule has 0 spiro atoms. The van der Waals surface area contributed by atoms with E-state index >= 15 is 0 Å². The van der Waals surface area contributed by atoms with Gasteiger partial charge >= 0.3 is 0 Å². The van der Waals surface area contributed by atoms with Crippen LogP contribution in [0.4, 0.5) is 0 Å². The third kappa shape index (κ3) is 3.35. The summed E-state index contributed by atoms with van der Waals surface area (Å²) in [6.45, 7) is 2.04. The Morgan fingerprint density at radius 1 is 1.50 bits per heavy atom. The summed E-state index contributed by atoms with van der Waals surface area (Å²) in [5, 5.41) is 3.70. The Kier molecular flexibility index (Phi) is 5.55. The third-order valence-electron chi connectivity index (χ3n) is 2.13. The van der Waals surface area contributed by atoms with Crippen molar-refractivity contribution in [2.45, 2.75) is 12.7 Å². The third-order valence-corrected chi connectivity index (χ3v) is 4.24. The van der Waals surface area contributed by atoms with Gasteiger partial charge in [-0.05, 0) is 18.7 Å². The van der Waals surface area contributed by atoms with Gasteiger partial charge < -0.3 is 10.6 Å². The molecule has 0 aliphatic rings. The number of hydrazone groups is 1. The van der Waals surface area contributed by atoms with Gasteiger partial charge in [-0.3, -0.25) is 0 Å². The van der Waals surface area contributed by atoms with E-state index in [1.54, 1.807) is 30.6 Å². The zero-order valence-electron chi connectivity index (χ0n) is 9.69. The van der Waals surface area contributed by atoms with Crippen LogP contribution in [0.1, 0.15) is 11.1 Å². The molecule has 0 radical (unpaired) electrons. The molecule has 0 aromatic heterocycles. The summed E-state index contributed by atoms with van der Waals surface area (Å²) in [6, 6.07) is 6.14. The van der Waals surface area contributed by atoms with Crippen LogP contribution in [0.25, 0.3) is 0 Å². The summed E-state index contributed by atoms with van der Waals surface area (Å²) in [5.41, 5.74) is 2.32. The van der Waals surface area contributed by atoms with E-state index in [1.165, 1.54) is 5.56 Å². The lowest BCUT2D eigenvalue weighted by Crippen LogP contribution is -1.96. The summed E-state index contributed by atoms with van der Waals surface area (Å²) < 4.78 is 6.26. The van der Waals surface area contributed by atoms with Gasteiger partial charge in [0.1, 0.15) is 10.1 Å². The van der Waals surface area contributed by atoms with Crippen molar-refractivity contribution < 1.29 is 4.74 Å². The number of aryl methyl sites for hydroxylation is 1. The van der Waals surface area contributed by atoms with Gasteiger partial charge in [-0.15, -0.1) is 11.8 Å². The van der Waals surface area contributed by atoms with Crippen molar-refractivity contribution in [1.29, 1.82) is 0 Å². The van der Waals surface area contributed by atoms with Gasteiger partial charge in [0, 0.05) is 11.3 Å². The Morgan fingerprint density at radius 3 is 2.81 bits per heavy atom. The molecule has 0 aliphatic heterocycles. The number of rotatable bonds is 3. The molecule has 88 valence electrons. The smallest absolute Gasteiger partial charge is 0.149 e. The molecule has 0 amide bonds. The highest BCUT2D eigenvalue weighted by atomic mass is 32.2. The molecule has 0 aliphatic carbocycles. The number of methoxy groups -OCH3 is 1. The Morgan fingerprint density at radius 2 is 2.25 bits per heavy atom. The molecular formula is C11H16N2OS2. The number of ether oxygens (including phenoxy) is 1. The van der Waals surface area contributed by atoms with Crippen molar-refractivity contribution in [3.8, 4) is 5.75 Å². The van der Waals surface area contributed by atoms with Crippen LogP contribution in [0, 0.1) is 6.92 Å². The van der Waals surface area contributed by atoms with Crippen LogP contribution in [0.15, 0.2) is 23.3 Å². The van der Waals surface area contributed by atoms with Crippen LogP contribution >= 0.6 is 23.5 Å². The normalized spacial score (nSPS) is 11.6. The van der Waals surface area contributed by atoms with Crippen molar-refractivity contribution in [3.05, 3.63) is 29.3 Å². The summed E-state index contributed by atoms with van der Waals surface area (Å²) in [6.07, 6.45) is 1.96. The van der Waals surface area contributed by atoms with Crippen LogP contribution in [0.2, 0.25) is 0 Å². The van der Waals surface area contributed by atoms with E-state index in [4.69, 9.17) is 10.6 Å². The molecular weight excluding hydrogens is 240 g/mol. The minimum Gasteiger partial charge on any atom is -0.496 e. The molecule has 1 rings (SSSR count). The summed E-state index contributed by atoms with van der Waals surface area (Å²) in [7, 11) is 1.70. The Hall–Kier alpha value is -0.810. The van der Waals surface area contributed by atoms with E-state index in [1.807, 2.05) is 25.3 Å². The van der Waals surface area contributed by atoms with E-state index in [-0.39, 0.29) is 0 Å². The first-order valence-electron chi connectivity index (χ1n) is 4.80. The molecule has 0 bridgehead atoms. The second kappa shape index (κ2) is 6.70. The molecule has 16 heavy (non-hydrogen) atoms. The van der Waals surface area contributed by atoms with E-state index in [0.29, 0.717) is 0 Å². The molecule has 1 aromatic carbocycles. The number of benzene rings is 1. The maximum Gasteiger partial charge on any atom is 0.149 e. The highest BCUT2D eigenvalue weighted by Crippen LogP contribution is 2.28. The topological polar surface area (TPSA) is 47.6 Å². The number of thioether (sulfide) groups is 2. The summed E-state index contributed by atoms with van der Waals surface area (Å²) in [5.74, 6) is 7.04. The molecule has 1 aromatic rings. The highest BCUT2D eigenvalue weighted by Gasteiger charge is 2.07. The second-order valence-corrected chi connectivity index (χ2v) is 5.17. The maximum absolute atomic E-state index is 5.38. The quantitative estimate of drug-likeness (QED) is 0.391. The fourth-order valence-electron chi connectivity index (χ4n) is 1.41. The number of hydrogen-bond acceptors (Lipinski definition) is 5. The van der Waals surface area contributed by atoms with Crippen LogP contribution in [0.3, 0.4) is 0 Å². The molecule has 0 heterocycles. The molecule has 2 N–H and O–H groups in total. The zero-order valence-corrected chi connectivity index (χ0v) is 11.3. The number of nitrogens with two attached hydrogens (primary N) is 1. The molecule has 0 saturated heterocycles. The van der Waals surface area contributed by atoms with E-state index < -0.39 is 0 Å². The fraction of sp³-hybridized carbons (Fsp3) is 0.364. The minimum atomic E-state index is 0.821. The molecule has 0 unspecified atom stereocenters. The zero-order chi connectivity index (χ0) is 12.0. The van der Waals surface area contributed by atoms with E-state index in [9.17, 15) is 0 Å². The monoisotopic (exact) mass is 256 g/mol. The van der Waals surface area contributed by atoms with Crippen LogP contribution < -0.4 is 10.6 Å². The SMILES string of the molecule is COc1c(C)cccc1CSC(=NN)SC. The van der Waals surface area contributed by atoms with Crippen molar-refractivity contribution in [2.24, 2.45) is 10.9 Å². The molecule has 0 fully saturated rings. The minimum absolute atomic E-state index is 0.821.